The van der Waals surface area contributed by atoms with Crippen LogP contribution in [0.3, 0.4) is 0 Å². The Morgan fingerprint density at radius 3 is 2.24 bits per heavy atom. The number of carbonyl (C=O) groups excluding carboxylic acids is 2. The van der Waals surface area contributed by atoms with E-state index in [2.05, 4.69) is 12.2 Å². The summed E-state index contributed by atoms with van der Waals surface area (Å²) < 4.78 is 5.37. The van der Waals surface area contributed by atoms with Gasteiger partial charge in [-0.2, -0.15) is 0 Å². The molecule has 0 fully saturated rings. The lowest BCUT2D eigenvalue weighted by molar-refractivity contribution is -0.117. The quantitative estimate of drug-likeness (QED) is 0.466. The largest absolute Gasteiger partial charge is 0.361 e. The number of benzene rings is 2. The number of hydrogen-bond donors (Lipinski definition) is 1. The molecule has 29 heavy (non-hydrogen) atoms. The van der Waals surface area contributed by atoms with Crippen LogP contribution in [0.1, 0.15) is 25.0 Å². The molecule has 0 spiro atoms. The Kier molecular flexibility index (Phi) is 12.0. The molecular weight excluding hydrogens is 411 g/mol. The van der Waals surface area contributed by atoms with Crippen molar-refractivity contribution in [3.63, 3.8) is 0 Å². The standard InChI is InChI=1S/C14H20ClNO2.C8H8ClNO/c1-4-12-8-6-7-11(3)14(12)16(10-18-5-2)13(17)9-15;9-6-8(11)10-7-4-2-1-3-5-7/h6-8H,4-5,9-10H2,1-3H3;1-5H,6H2,(H,10,11). The molecular formula is C22H28Cl2N2O3. The fraction of sp³-hybridized carbons (Fsp3) is 0.364. The Hall–Kier alpha value is -2.08. The number of alkyl halides is 2. The number of rotatable bonds is 8. The van der Waals surface area contributed by atoms with Gasteiger partial charge in [-0.1, -0.05) is 43.3 Å². The van der Waals surface area contributed by atoms with Gasteiger partial charge < -0.3 is 10.1 Å². The number of anilines is 2. The smallest absolute Gasteiger partial charge is 0.243 e. The van der Waals surface area contributed by atoms with Crippen molar-refractivity contribution in [3.8, 4) is 0 Å². The van der Waals surface area contributed by atoms with Crippen LogP contribution < -0.4 is 10.2 Å². The Balaban J connectivity index is 0.000000326. The molecule has 0 aromatic heterocycles. The van der Waals surface area contributed by atoms with E-state index in [1.54, 1.807) is 4.90 Å². The molecule has 0 atom stereocenters. The molecule has 158 valence electrons. The van der Waals surface area contributed by atoms with Crippen LogP contribution in [0.2, 0.25) is 0 Å². The van der Waals surface area contributed by atoms with Crippen molar-refractivity contribution in [2.45, 2.75) is 27.2 Å². The van der Waals surface area contributed by atoms with Crippen LogP contribution in [0.4, 0.5) is 11.4 Å². The summed E-state index contributed by atoms with van der Waals surface area (Å²) in [6.45, 7) is 6.79. The first-order valence-corrected chi connectivity index (χ1v) is 10.5. The van der Waals surface area contributed by atoms with Crippen LogP contribution in [0.25, 0.3) is 0 Å². The highest BCUT2D eigenvalue weighted by atomic mass is 35.5. The van der Waals surface area contributed by atoms with Gasteiger partial charge in [0.15, 0.2) is 0 Å². The van der Waals surface area contributed by atoms with Gasteiger partial charge >= 0.3 is 0 Å². The highest BCUT2D eigenvalue weighted by molar-refractivity contribution is 6.29. The van der Waals surface area contributed by atoms with Crippen LogP contribution in [0.5, 0.6) is 0 Å². The van der Waals surface area contributed by atoms with Crippen LogP contribution in [-0.4, -0.2) is 36.9 Å². The molecule has 2 amide bonds. The molecule has 0 unspecified atom stereocenters. The van der Waals surface area contributed by atoms with Gasteiger partial charge in [-0.3, -0.25) is 14.5 Å². The SMILES string of the molecule is CCOCN(C(=O)CCl)c1c(C)cccc1CC.O=C(CCl)Nc1ccccc1. The zero-order valence-corrected chi connectivity index (χ0v) is 18.6. The molecule has 0 saturated carbocycles. The van der Waals surface area contributed by atoms with Crippen LogP contribution in [0, 0.1) is 6.92 Å². The molecule has 2 aromatic carbocycles. The first kappa shape index (κ1) is 25.0. The summed E-state index contributed by atoms with van der Waals surface area (Å²) in [6, 6.07) is 15.2. The van der Waals surface area contributed by atoms with Crippen molar-refractivity contribution in [2.75, 3.05) is 35.3 Å². The fourth-order valence-electron chi connectivity index (χ4n) is 2.62. The average Bonchev–Trinajstić information content (AvgIpc) is 2.75. The summed E-state index contributed by atoms with van der Waals surface area (Å²) in [5.74, 6) is -0.355. The third-order valence-electron chi connectivity index (χ3n) is 3.99. The van der Waals surface area contributed by atoms with E-state index >= 15 is 0 Å². The zero-order chi connectivity index (χ0) is 21.6. The Morgan fingerprint density at radius 1 is 1.00 bits per heavy atom. The van der Waals surface area contributed by atoms with Gasteiger partial charge in [0.05, 0.1) is 5.69 Å². The average molecular weight is 439 g/mol. The zero-order valence-electron chi connectivity index (χ0n) is 17.1. The van der Waals surface area contributed by atoms with Crippen molar-refractivity contribution < 1.29 is 14.3 Å². The van der Waals surface area contributed by atoms with Crippen molar-refractivity contribution >= 4 is 46.4 Å². The number of aryl methyl sites for hydroxylation is 2. The van der Waals surface area contributed by atoms with E-state index in [-0.39, 0.29) is 30.3 Å². The number of nitrogens with one attached hydrogen (secondary N) is 1. The second-order valence-corrected chi connectivity index (χ2v) is 6.60. The molecule has 1 N–H and O–H groups in total. The molecule has 5 nitrogen and oxygen atoms in total. The first-order valence-electron chi connectivity index (χ1n) is 9.41. The maximum atomic E-state index is 12.0. The minimum Gasteiger partial charge on any atom is -0.361 e. The van der Waals surface area contributed by atoms with Gasteiger partial charge in [0.1, 0.15) is 18.5 Å². The predicted octanol–water partition coefficient (Wildman–Crippen LogP) is 4.99. The number of amides is 2. The maximum Gasteiger partial charge on any atom is 0.243 e. The summed E-state index contributed by atoms with van der Waals surface area (Å²) in [5, 5.41) is 2.62. The molecule has 2 aromatic rings. The monoisotopic (exact) mass is 438 g/mol. The summed E-state index contributed by atoms with van der Waals surface area (Å²) in [5.41, 5.74) is 3.90. The van der Waals surface area contributed by atoms with E-state index in [9.17, 15) is 9.59 Å². The molecule has 0 saturated heterocycles. The van der Waals surface area contributed by atoms with E-state index in [0.717, 1.165) is 28.9 Å². The summed E-state index contributed by atoms with van der Waals surface area (Å²) in [4.78, 5) is 24.3. The van der Waals surface area contributed by atoms with E-state index in [1.165, 1.54) is 0 Å². The molecule has 0 heterocycles. The molecule has 0 aliphatic rings. The number of para-hydroxylation sites is 2. The van der Waals surface area contributed by atoms with Gasteiger partial charge in [0.25, 0.3) is 0 Å². The van der Waals surface area contributed by atoms with E-state index in [0.29, 0.717) is 6.61 Å². The minimum absolute atomic E-state index is 0.00507. The minimum atomic E-state index is -0.183. The topological polar surface area (TPSA) is 58.6 Å². The summed E-state index contributed by atoms with van der Waals surface area (Å²) >= 11 is 11.0. The third kappa shape index (κ3) is 8.44. The molecule has 0 aliphatic carbocycles. The lowest BCUT2D eigenvalue weighted by atomic mass is 10.0. The van der Waals surface area contributed by atoms with E-state index in [1.807, 2.05) is 62.4 Å². The Morgan fingerprint density at radius 2 is 1.69 bits per heavy atom. The highest BCUT2D eigenvalue weighted by Gasteiger charge is 2.19. The Bertz CT molecular complexity index is 770. The van der Waals surface area contributed by atoms with Crippen LogP contribution in [0.15, 0.2) is 48.5 Å². The van der Waals surface area contributed by atoms with Crippen LogP contribution in [-0.2, 0) is 20.7 Å². The number of nitrogens with zero attached hydrogens (tertiary/aromatic N) is 1. The summed E-state index contributed by atoms with van der Waals surface area (Å²) in [6.07, 6.45) is 0.870. The lowest BCUT2D eigenvalue weighted by Gasteiger charge is -2.25. The third-order valence-corrected chi connectivity index (χ3v) is 4.46. The number of carbonyl (C=O) groups is 2. The second kappa shape index (κ2) is 14.0. The molecule has 0 aliphatic heterocycles. The molecule has 0 radical (unpaired) electrons. The first-order chi connectivity index (χ1) is 14.0. The van der Waals surface area contributed by atoms with Gasteiger partial charge in [-0.15, -0.1) is 23.2 Å². The molecule has 0 bridgehead atoms. The lowest BCUT2D eigenvalue weighted by Crippen LogP contribution is -2.35. The number of halogens is 2. The van der Waals surface area contributed by atoms with Crippen molar-refractivity contribution in [2.24, 2.45) is 0 Å². The van der Waals surface area contributed by atoms with Crippen LogP contribution >= 0.6 is 23.2 Å². The van der Waals surface area contributed by atoms with Crippen molar-refractivity contribution in [1.29, 1.82) is 0 Å². The van der Waals surface area contributed by atoms with Crippen molar-refractivity contribution in [3.05, 3.63) is 59.7 Å². The van der Waals surface area contributed by atoms with Gasteiger partial charge in [-0.05, 0) is 43.5 Å². The molecule has 7 heteroatoms. The van der Waals surface area contributed by atoms with Gasteiger partial charge in [0.2, 0.25) is 11.8 Å². The van der Waals surface area contributed by atoms with E-state index < -0.39 is 0 Å². The fourth-order valence-corrected chi connectivity index (χ4v) is 2.83. The summed E-state index contributed by atoms with van der Waals surface area (Å²) in [7, 11) is 0. The number of ether oxygens (including phenoxy) is 1. The highest BCUT2D eigenvalue weighted by Crippen LogP contribution is 2.26. The maximum absolute atomic E-state index is 12.0. The number of hydrogen-bond acceptors (Lipinski definition) is 3. The predicted molar refractivity (Wildman–Crippen MR) is 121 cm³/mol. The normalized spacial score (nSPS) is 9.97. The molecule has 2 rings (SSSR count). The van der Waals surface area contributed by atoms with Gasteiger partial charge in [0, 0.05) is 12.3 Å². The second-order valence-electron chi connectivity index (χ2n) is 6.06. The Labute approximate surface area is 182 Å². The van der Waals surface area contributed by atoms with Gasteiger partial charge in [-0.25, -0.2) is 0 Å². The van der Waals surface area contributed by atoms with E-state index in [4.69, 9.17) is 27.9 Å². The van der Waals surface area contributed by atoms with Crippen molar-refractivity contribution in [1.82, 2.24) is 0 Å².